The lowest BCUT2D eigenvalue weighted by Gasteiger charge is -2.28. The molecule has 5 nitrogen and oxygen atoms in total. The maximum atomic E-state index is 14.4. The van der Waals surface area contributed by atoms with Crippen molar-refractivity contribution in [3.8, 4) is 0 Å². The van der Waals surface area contributed by atoms with E-state index in [1.54, 1.807) is 0 Å². The second-order valence-electron chi connectivity index (χ2n) is 8.02. The van der Waals surface area contributed by atoms with Crippen LogP contribution in [0.15, 0.2) is 89.5 Å². The summed E-state index contributed by atoms with van der Waals surface area (Å²) in [4.78, 5) is 18.8. The van der Waals surface area contributed by atoms with E-state index in [1.807, 2.05) is 72.5 Å². The van der Waals surface area contributed by atoms with Crippen LogP contribution in [0.2, 0.25) is 0 Å². The maximum Gasteiger partial charge on any atom is 0.273 e. The Kier molecular flexibility index (Phi) is 7.44. The maximum absolute atomic E-state index is 14.4. The first-order valence-electron chi connectivity index (χ1n) is 11.0. The van der Waals surface area contributed by atoms with Gasteiger partial charge in [0.25, 0.3) is 5.91 Å². The molecule has 0 saturated carbocycles. The van der Waals surface area contributed by atoms with Crippen LogP contribution in [0.1, 0.15) is 46.0 Å². The molecule has 1 heterocycles. The molecule has 4 rings (SSSR count). The quantitative estimate of drug-likeness (QED) is 0.350. The first-order chi connectivity index (χ1) is 16.5. The van der Waals surface area contributed by atoms with E-state index >= 15 is 0 Å². The molecule has 4 aromatic rings. The van der Waals surface area contributed by atoms with Gasteiger partial charge in [-0.15, -0.1) is 0 Å². The second-order valence-corrected chi connectivity index (χ2v) is 8.02. The highest BCUT2D eigenvalue weighted by atomic mass is 19.1. The van der Waals surface area contributed by atoms with Crippen molar-refractivity contribution in [1.29, 1.82) is 0 Å². The summed E-state index contributed by atoms with van der Waals surface area (Å²) in [6.45, 7) is 2.81. The second kappa shape index (κ2) is 10.9. The summed E-state index contributed by atoms with van der Waals surface area (Å²) in [5.74, 6) is -1.25. The van der Waals surface area contributed by atoms with Crippen LogP contribution in [0.3, 0.4) is 0 Å². The monoisotopic (exact) mass is 461 g/mol. The molecule has 0 fully saturated rings. The molecule has 1 atom stereocenters. The first-order valence-corrected chi connectivity index (χ1v) is 11.0. The number of nitrogens with one attached hydrogen (secondary N) is 1. The first kappa shape index (κ1) is 23.3. The van der Waals surface area contributed by atoms with Gasteiger partial charge in [0.15, 0.2) is 5.69 Å². The molecule has 0 unspecified atom stereocenters. The third-order valence-corrected chi connectivity index (χ3v) is 5.64. The smallest absolute Gasteiger partial charge is 0.273 e. The van der Waals surface area contributed by atoms with Crippen LogP contribution in [0.25, 0.3) is 0 Å². The van der Waals surface area contributed by atoms with E-state index in [-0.39, 0.29) is 30.7 Å². The number of rotatable bonds is 9. The number of aromatic nitrogens is 1. The Morgan fingerprint density at radius 1 is 1.00 bits per heavy atom. The number of carbonyl (C=O) groups is 1. The highest BCUT2D eigenvalue weighted by Gasteiger charge is 2.21. The molecule has 3 aromatic carbocycles. The number of hydrogen-bond donors (Lipinski definition) is 1. The van der Waals surface area contributed by atoms with Gasteiger partial charge in [-0.1, -0.05) is 66.7 Å². The van der Waals surface area contributed by atoms with E-state index in [2.05, 4.69) is 10.3 Å². The molecule has 1 aromatic heterocycles. The molecule has 1 amide bonds. The molecule has 0 bridgehead atoms. The number of oxazole rings is 1. The minimum atomic E-state index is -0.622. The topological polar surface area (TPSA) is 58.4 Å². The number of amides is 1. The number of halogens is 2. The third kappa shape index (κ3) is 5.94. The summed E-state index contributed by atoms with van der Waals surface area (Å²) in [5, 5.41) is 2.82. The van der Waals surface area contributed by atoms with Crippen LogP contribution >= 0.6 is 0 Å². The average molecular weight is 462 g/mol. The standard InChI is InChI=1S/C27H25F2N3O2/c1-19(21-10-6-3-7-11-21)32(16-22-12-13-23(28)14-24(22)29)17-26-31-25(18-34-26)27(33)30-15-20-8-4-2-5-9-20/h2-14,18-19H,15-17H2,1H3,(H,30,33)/t19-/m0/s1. The van der Waals surface area contributed by atoms with Crippen molar-refractivity contribution in [2.24, 2.45) is 0 Å². The van der Waals surface area contributed by atoms with Crippen molar-refractivity contribution in [1.82, 2.24) is 15.2 Å². The zero-order chi connectivity index (χ0) is 23.9. The molecule has 1 N–H and O–H groups in total. The van der Waals surface area contributed by atoms with Crippen LogP contribution in [0, 0.1) is 11.6 Å². The fourth-order valence-corrected chi connectivity index (χ4v) is 3.67. The Morgan fingerprint density at radius 3 is 2.41 bits per heavy atom. The van der Waals surface area contributed by atoms with E-state index in [0.717, 1.165) is 17.2 Å². The molecule has 0 spiro atoms. The predicted molar refractivity (Wildman–Crippen MR) is 125 cm³/mol. The molecule has 7 heteroatoms. The van der Waals surface area contributed by atoms with E-state index in [0.29, 0.717) is 18.0 Å². The number of benzene rings is 3. The van der Waals surface area contributed by atoms with Gasteiger partial charge >= 0.3 is 0 Å². The molecule has 0 aliphatic rings. The van der Waals surface area contributed by atoms with E-state index in [1.165, 1.54) is 18.4 Å². The Morgan fingerprint density at radius 2 is 1.71 bits per heavy atom. The average Bonchev–Trinajstić information content (AvgIpc) is 3.33. The predicted octanol–water partition coefficient (Wildman–Crippen LogP) is 5.65. The molecule has 174 valence electrons. The third-order valence-electron chi connectivity index (χ3n) is 5.64. The highest BCUT2D eigenvalue weighted by molar-refractivity contribution is 5.91. The lowest BCUT2D eigenvalue weighted by molar-refractivity contribution is 0.0945. The van der Waals surface area contributed by atoms with Gasteiger partial charge in [0, 0.05) is 30.8 Å². The van der Waals surface area contributed by atoms with Crippen LogP contribution in [0.5, 0.6) is 0 Å². The summed E-state index contributed by atoms with van der Waals surface area (Å²) < 4.78 is 33.4. The summed E-state index contributed by atoms with van der Waals surface area (Å²) in [6, 6.07) is 22.8. The van der Waals surface area contributed by atoms with Crippen LogP contribution in [-0.4, -0.2) is 15.8 Å². The highest BCUT2D eigenvalue weighted by Crippen LogP contribution is 2.25. The van der Waals surface area contributed by atoms with Crippen LogP contribution < -0.4 is 5.32 Å². The zero-order valence-corrected chi connectivity index (χ0v) is 18.7. The molecule has 0 aliphatic heterocycles. The molecular weight excluding hydrogens is 436 g/mol. The van der Waals surface area contributed by atoms with Crippen LogP contribution in [0.4, 0.5) is 8.78 Å². The Balaban J connectivity index is 1.49. The summed E-state index contributed by atoms with van der Waals surface area (Å²) in [5.41, 5.74) is 2.53. The molecule has 0 aliphatic carbocycles. The minimum Gasteiger partial charge on any atom is -0.447 e. The van der Waals surface area contributed by atoms with Gasteiger partial charge in [-0.05, 0) is 24.1 Å². The van der Waals surface area contributed by atoms with Gasteiger partial charge in [0.05, 0.1) is 6.54 Å². The summed E-state index contributed by atoms with van der Waals surface area (Å²) in [7, 11) is 0. The Hall–Kier alpha value is -3.84. The van der Waals surface area contributed by atoms with Crippen molar-refractivity contribution in [2.45, 2.75) is 32.6 Å². The molecule has 0 radical (unpaired) electrons. The number of nitrogens with zero attached hydrogens (tertiary/aromatic N) is 2. The van der Waals surface area contributed by atoms with E-state index < -0.39 is 11.6 Å². The molecule has 0 saturated heterocycles. The normalized spacial score (nSPS) is 12.0. The van der Waals surface area contributed by atoms with Gasteiger partial charge < -0.3 is 9.73 Å². The Labute approximate surface area is 197 Å². The van der Waals surface area contributed by atoms with E-state index in [9.17, 15) is 13.6 Å². The molecule has 34 heavy (non-hydrogen) atoms. The van der Waals surface area contributed by atoms with Gasteiger partial charge in [-0.3, -0.25) is 9.69 Å². The SMILES string of the molecule is C[C@@H](c1ccccc1)N(Cc1nc(C(=O)NCc2ccccc2)co1)Cc1ccc(F)cc1F. The number of carbonyl (C=O) groups excluding carboxylic acids is 1. The fourth-order valence-electron chi connectivity index (χ4n) is 3.67. The van der Waals surface area contributed by atoms with Crippen molar-refractivity contribution in [3.05, 3.63) is 125 Å². The van der Waals surface area contributed by atoms with Gasteiger partial charge in [0.2, 0.25) is 5.89 Å². The van der Waals surface area contributed by atoms with Crippen LogP contribution in [-0.2, 0) is 19.6 Å². The van der Waals surface area contributed by atoms with Crippen molar-refractivity contribution < 1.29 is 18.0 Å². The Bertz CT molecular complexity index is 1230. The lowest BCUT2D eigenvalue weighted by atomic mass is 10.1. The van der Waals surface area contributed by atoms with Crippen molar-refractivity contribution in [2.75, 3.05) is 0 Å². The van der Waals surface area contributed by atoms with Gasteiger partial charge in [-0.2, -0.15) is 0 Å². The minimum absolute atomic E-state index is 0.118. The summed E-state index contributed by atoms with van der Waals surface area (Å²) in [6.07, 6.45) is 1.32. The lowest BCUT2D eigenvalue weighted by Crippen LogP contribution is -2.27. The number of hydrogen-bond acceptors (Lipinski definition) is 4. The van der Waals surface area contributed by atoms with E-state index in [4.69, 9.17) is 4.42 Å². The van der Waals surface area contributed by atoms with Gasteiger partial charge in [-0.25, -0.2) is 13.8 Å². The fraction of sp³-hybridized carbons (Fsp3) is 0.185. The molecular formula is C27H25F2N3O2. The summed E-state index contributed by atoms with van der Waals surface area (Å²) >= 11 is 0. The largest absolute Gasteiger partial charge is 0.447 e. The van der Waals surface area contributed by atoms with Crippen molar-refractivity contribution in [3.63, 3.8) is 0 Å². The van der Waals surface area contributed by atoms with Gasteiger partial charge in [0.1, 0.15) is 17.9 Å². The zero-order valence-electron chi connectivity index (χ0n) is 18.7. The van der Waals surface area contributed by atoms with Crippen molar-refractivity contribution >= 4 is 5.91 Å².